The van der Waals surface area contributed by atoms with Crippen LogP contribution in [0.5, 0.6) is 11.5 Å². The minimum atomic E-state index is -4.58. The van der Waals surface area contributed by atoms with E-state index in [1.807, 2.05) is 0 Å². The van der Waals surface area contributed by atoms with Crippen molar-refractivity contribution in [2.75, 3.05) is 6.26 Å². The molecule has 3 aromatic carbocycles. The average Bonchev–Trinajstić information content (AvgIpc) is 2.73. The Kier molecular flexibility index (Phi) is 5.56. The summed E-state index contributed by atoms with van der Waals surface area (Å²) in [5.74, 6) is 0.571. The van der Waals surface area contributed by atoms with Gasteiger partial charge in [0.1, 0.15) is 17.8 Å². The number of aromatic nitrogens is 2. The summed E-state index contributed by atoms with van der Waals surface area (Å²) in [6.45, 7) is 0. The number of para-hydroxylation sites is 1. The number of benzene rings is 3. The van der Waals surface area contributed by atoms with Gasteiger partial charge in [0.25, 0.3) is 0 Å². The van der Waals surface area contributed by atoms with Crippen LogP contribution >= 0.6 is 11.6 Å². The Morgan fingerprint density at radius 2 is 1.66 bits per heavy atom. The third kappa shape index (κ3) is 4.39. The lowest BCUT2D eigenvalue weighted by Gasteiger charge is -2.13. The number of rotatable bonds is 4. The van der Waals surface area contributed by atoms with Crippen molar-refractivity contribution in [3.63, 3.8) is 0 Å². The fraction of sp³-hybridized carbons (Fsp3) is 0.0909. The van der Waals surface area contributed by atoms with Gasteiger partial charge >= 0.3 is 6.18 Å². The molecule has 0 aliphatic carbocycles. The molecule has 1 heterocycles. The van der Waals surface area contributed by atoms with E-state index in [0.717, 1.165) is 18.6 Å². The molecule has 5 nitrogen and oxygen atoms in total. The fourth-order valence-corrected chi connectivity index (χ4v) is 4.05. The second kappa shape index (κ2) is 8.07. The molecule has 0 saturated heterocycles. The van der Waals surface area contributed by atoms with Crippen LogP contribution in [0.1, 0.15) is 5.56 Å². The van der Waals surface area contributed by atoms with Crippen LogP contribution in [0.15, 0.2) is 71.9 Å². The molecule has 0 spiro atoms. The molecule has 0 N–H and O–H groups in total. The molecule has 10 heteroatoms. The van der Waals surface area contributed by atoms with E-state index in [2.05, 4.69) is 9.97 Å². The van der Waals surface area contributed by atoms with Crippen molar-refractivity contribution < 1.29 is 26.3 Å². The van der Waals surface area contributed by atoms with Gasteiger partial charge in [-0.1, -0.05) is 29.8 Å². The van der Waals surface area contributed by atoms with E-state index in [9.17, 15) is 21.6 Å². The van der Waals surface area contributed by atoms with Crippen LogP contribution < -0.4 is 4.74 Å². The first-order chi connectivity index (χ1) is 15.0. The predicted molar refractivity (Wildman–Crippen MR) is 115 cm³/mol. The molecule has 0 atom stereocenters. The summed E-state index contributed by atoms with van der Waals surface area (Å²) in [6.07, 6.45) is -2.45. The SMILES string of the molecule is CS(=O)(=O)c1cccc(Oc2ccc(Cl)c(-c3ncnc4c(C(F)(F)F)cccc34)c2)c1. The third-order valence-electron chi connectivity index (χ3n) is 4.63. The standard InChI is InChI=1S/C22H14ClF3N2O3S/c1-32(29,30)15-5-2-4-13(10-15)31-14-8-9-19(23)17(11-14)20-16-6-3-7-18(22(24,25)26)21(16)28-12-27-20/h2-12H,1H3. The second-order valence-corrected chi connectivity index (χ2v) is 9.34. The Labute approximate surface area is 186 Å². The minimum Gasteiger partial charge on any atom is -0.457 e. The molecule has 0 aliphatic rings. The van der Waals surface area contributed by atoms with Gasteiger partial charge in [0.05, 0.1) is 26.7 Å². The van der Waals surface area contributed by atoms with Gasteiger partial charge in [0.2, 0.25) is 0 Å². The van der Waals surface area contributed by atoms with Crippen molar-refractivity contribution in [1.82, 2.24) is 9.97 Å². The number of ether oxygens (including phenoxy) is 1. The molecule has 4 rings (SSSR count). The maximum absolute atomic E-state index is 13.4. The summed E-state index contributed by atoms with van der Waals surface area (Å²) in [6, 6.07) is 14.3. The lowest BCUT2D eigenvalue weighted by atomic mass is 10.0. The molecule has 1 aromatic heterocycles. The largest absolute Gasteiger partial charge is 0.457 e. The number of alkyl halides is 3. The van der Waals surface area contributed by atoms with Gasteiger partial charge in [-0.05, 0) is 42.5 Å². The zero-order valence-corrected chi connectivity index (χ0v) is 18.0. The van der Waals surface area contributed by atoms with E-state index < -0.39 is 21.6 Å². The Balaban J connectivity index is 1.80. The van der Waals surface area contributed by atoms with Gasteiger partial charge in [-0.3, -0.25) is 0 Å². The van der Waals surface area contributed by atoms with Crippen LogP contribution in [0.4, 0.5) is 13.2 Å². The summed E-state index contributed by atoms with van der Waals surface area (Å²) in [7, 11) is -3.43. The Morgan fingerprint density at radius 1 is 0.938 bits per heavy atom. The number of sulfone groups is 1. The van der Waals surface area contributed by atoms with Crippen molar-refractivity contribution in [1.29, 1.82) is 0 Å². The van der Waals surface area contributed by atoms with E-state index in [1.165, 1.54) is 36.4 Å². The van der Waals surface area contributed by atoms with E-state index in [4.69, 9.17) is 16.3 Å². The fourth-order valence-electron chi connectivity index (χ4n) is 3.18. The summed E-state index contributed by atoms with van der Waals surface area (Å²) >= 11 is 6.33. The summed E-state index contributed by atoms with van der Waals surface area (Å²) in [5.41, 5.74) is -0.565. The van der Waals surface area contributed by atoms with Crippen LogP contribution in [0, 0.1) is 0 Å². The maximum atomic E-state index is 13.4. The monoisotopic (exact) mass is 478 g/mol. The van der Waals surface area contributed by atoms with Crippen molar-refractivity contribution in [3.05, 3.63) is 77.6 Å². The topological polar surface area (TPSA) is 69.2 Å². The van der Waals surface area contributed by atoms with Crippen molar-refractivity contribution in [3.8, 4) is 22.8 Å². The van der Waals surface area contributed by atoms with E-state index >= 15 is 0 Å². The molecule has 32 heavy (non-hydrogen) atoms. The lowest BCUT2D eigenvalue weighted by Crippen LogP contribution is -2.07. The molecular formula is C22H14ClF3N2O3S. The highest BCUT2D eigenvalue weighted by Gasteiger charge is 2.33. The first kappa shape index (κ1) is 22.0. The summed E-state index contributed by atoms with van der Waals surface area (Å²) in [4.78, 5) is 8.07. The lowest BCUT2D eigenvalue weighted by molar-refractivity contribution is -0.136. The van der Waals surface area contributed by atoms with Crippen LogP contribution in [-0.4, -0.2) is 24.6 Å². The van der Waals surface area contributed by atoms with Crippen LogP contribution in [0.3, 0.4) is 0 Å². The Bertz CT molecular complexity index is 1440. The van der Waals surface area contributed by atoms with Gasteiger partial charge in [-0.2, -0.15) is 13.2 Å². The Hall–Kier alpha value is -3.17. The third-order valence-corrected chi connectivity index (χ3v) is 6.07. The number of fused-ring (bicyclic) bond motifs is 1. The van der Waals surface area contributed by atoms with Gasteiger partial charge < -0.3 is 4.74 Å². The van der Waals surface area contributed by atoms with Gasteiger partial charge in [0, 0.05) is 17.2 Å². The van der Waals surface area contributed by atoms with Crippen LogP contribution in [0.25, 0.3) is 22.2 Å². The zero-order chi connectivity index (χ0) is 23.1. The van der Waals surface area contributed by atoms with E-state index in [0.29, 0.717) is 11.3 Å². The minimum absolute atomic E-state index is 0.0886. The second-order valence-electron chi connectivity index (χ2n) is 6.91. The van der Waals surface area contributed by atoms with Gasteiger partial charge in [-0.15, -0.1) is 0 Å². The quantitative estimate of drug-likeness (QED) is 0.351. The van der Waals surface area contributed by atoms with Crippen molar-refractivity contribution >= 4 is 32.3 Å². The van der Waals surface area contributed by atoms with Gasteiger partial charge in [0.15, 0.2) is 9.84 Å². The molecule has 0 radical (unpaired) electrons. The highest BCUT2D eigenvalue weighted by atomic mass is 35.5. The summed E-state index contributed by atoms with van der Waals surface area (Å²) in [5, 5.41) is 0.431. The molecule has 0 amide bonds. The summed E-state index contributed by atoms with van der Waals surface area (Å²) < 4.78 is 69.5. The van der Waals surface area contributed by atoms with E-state index in [-0.39, 0.29) is 32.3 Å². The van der Waals surface area contributed by atoms with Crippen LogP contribution in [-0.2, 0) is 16.0 Å². The highest BCUT2D eigenvalue weighted by molar-refractivity contribution is 7.90. The molecule has 0 saturated carbocycles. The number of hydrogen-bond acceptors (Lipinski definition) is 5. The van der Waals surface area contributed by atoms with Crippen molar-refractivity contribution in [2.45, 2.75) is 11.1 Å². The molecule has 164 valence electrons. The predicted octanol–water partition coefficient (Wildman–Crippen LogP) is 6.16. The molecule has 0 fully saturated rings. The normalized spacial score (nSPS) is 12.2. The molecule has 0 bridgehead atoms. The molecular weight excluding hydrogens is 465 g/mol. The smallest absolute Gasteiger partial charge is 0.418 e. The molecule has 0 aliphatic heterocycles. The maximum Gasteiger partial charge on any atom is 0.418 e. The van der Waals surface area contributed by atoms with Gasteiger partial charge in [-0.25, -0.2) is 18.4 Å². The molecule has 4 aromatic rings. The molecule has 0 unspecified atom stereocenters. The van der Waals surface area contributed by atoms with Crippen molar-refractivity contribution in [2.24, 2.45) is 0 Å². The number of hydrogen-bond donors (Lipinski definition) is 0. The number of halogens is 4. The first-order valence-corrected chi connectivity index (χ1v) is 11.4. The first-order valence-electron chi connectivity index (χ1n) is 9.13. The van der Waals surface area contributed by atoms with E-state index in [1.54, 1.807) is 18.2 Å². The average molecular weight is 479 g/mol. The van der Waals surface area contributed by atoms with Crippen LogP contribution in [0.2, 0.25) is 5.02 Å². The number of nitrogens with zero attached hydrogens (tertiary/aromatic N) is 2. The zero-order valence-electron chi connectivity index (χ0n) is 16.4. The highest BCUT2D eigenvalue weighted by Crippen LogP contribution is 2.39. The Morgan fingerprint density at radius 3 is 2.38 bits per heavy atom.